The van der Waals surface area contributed by atoms with Gasteiger partial charge in [-0.25, -0.2) is 4.79 Å². The van der Waals surface area contributed by atoms with E-state index in [-0.39, 0.29) is 152 Å². The van der Waals surface area contributed by atoms with Crippen molar-refractivity contribution in [2.24, 2.45) is 0 Å². The number of hydrogen-bond acceptors (Lipinski definition) is 12. The summed E-state index contributed by atoms with van der Waals surface area (Å²) in [5.41, 5.74) is 3.60. The molecule has 2 heterocycles. The fourth-order valence-electron chi connectivity index (χ4n) is 6.47. The predicted molar refractivity (Wildman–Crippen MR) is 210 cm³/mol. The van der Waals surface area contributed by atoms with Gasteiger partial charge in [0.15, 0.2) is 0 Å². The van der Waals surface area contributed by atoms with E-state index in [9.17, 15) is 29.4 Å². The van der Waals surface area contributed by atoms with Crippen molar-refractivity contribution in [2.75, 3.05) is 27.3 Å². The second kappa shape index (κ2) is 30.8. The SMILES string of the molecule is COC(=O)[C@@H]1C[C@H](O)CCN1.COC(=O)[C@@H]1C[C@H](O)CCN1C(=O)C(c1ccccc1)c1ccccc1.O=C(Cl)C(c1ccccc1)c1ccccc1.O=CO[O-].[H-].[K+].[K+]. The number of aliphatic hydroxyl groups excluding tert-OH is 2. The molecule has 2 aliphatic rings. The van der Waals surface area contributed by atoms with Gasteiger partial charge < -0.3 is 41.5 Å². The van der Waals surface area contributed by atoms with Gasteiger partial charge in [-0.1, -0.05) is 121 Å². The Morgan fingerprint density at radius 1 is 0.712 bits per heavy atom. The van der Waals surface area contributed by atoms with Crippen LogP contribution in [0.25, 0.3) is 0 Å². The van der Waals surface area contributed by atoms with Gasteiger partial charge in [-0.05, 0) is 59.7 Å². The third kappa shape index (κ3) is 18.4. The molecule has 13 nitrogen and oxygen atoms in total. The molecule has 2 aliphatic heterocycles. The standard InChI is InChI=1S/C21H23NO4.C14H11ClO.C7H13NO3.CH2O3.2K.H/c1-26-21(25)18-14-17(23)12-13-22(18)20(24)19(15-8-4-2-5-9-15)16-10-6-3-7-11-16;15-14(16)13(11-7-3-1-4-8-11)12-9-5-2-6-10-12;1-11-7(10)6-4-5(9)2-3-8-6;2-1-4-3;;;/h2-11,17-19,23H,12-14H2,1H3;1-10,13H;5-6,8-9H,2-4H2,1H3;1,3H;;;/q;;;;2*+1;-1/p-1/t17-,18+;;5-,6+;;;;/m1.1..../s1. The molecule has 3 N–H and O–H groups in total. The molecular formula is C43H49ClK2N2O11. The molecule has 4 atom stereocenters. The van der Waals surface area contributed by atoms with Crippen LogP contribution in [-0.4, -0.2) is 96.3 Å². The van der Waals surface area contributed by atoms with E-state index in [1.165, 1.54) is 14.2 Å². The minimum absolute atomic E-state index is 0. The molecule has 16 heteroatoms. The summed E-state index contributed by atoms with van der Waals surface area (Å²) in [4.78, 5) is 60.9. The number of nitrogens with zero attached hydrogens (tertiary/aromatic N) is 1. The Morgan fingerprint density at radius 3 is 1.46 bits per heavy atom. The van der Waals surface area contributed by atoms with Crippen LogP contribution < -0.4 is 113 Å². The van der Waals surface area contributed by atoms with E-state index in [0.29, 0.717) is 32.4 Å². The van der Waals surface area contributed by atoms with Crippen LogP contribution in [0, 0.1) is 0 Å². The first kappa shape index (κ1) is 54.9. The topological polar surface area (TPSA) is 192 Å². The Kier molecular flexibility index (Phi) is 28.6. The quantitative estimate of drug-likeness (QED) is 0.0410. The smallest absolute Gasteiger partial charge is 1.00 e. The monoisotopic (exact) mass is 882 g/mol. The zero-order valence-electron chi connectivity index (χ0n) is 34.7. The molecule has 0 radical (unpaired) electrons. The molecule has 2 saturated heterocycles. The summed E-state index contributed by atoms with van der Waals surface area (Å²) in [6, 6.07) is 37.1. The average molecular weight is 884 g/mol. The number of aliphatic hydroxyl groups is 2. The summed E-state index contributed by atoms with van der Waals surface area (Å²) in [5.74, 6) is -1.80. The van der Waals surface area contributed by atoms with E-state index in [2.05, 4.69) is 14.9 Å². The van der Waals surface area contributed by atoms with Gasteiger partial charge in [0, 0.05) is 13.0 Å². The predicted octanol–water partition coefficient (Wildman–Crippen LogP) is -2.25. The number of carbonyl (C=O) groups excluding carboxylic acids is 5. The van der Waals surface area contributed by atoms with Crippen molar-refractivity contribution in [3.05, 3.63) is 144 Å². The van der Waals surface area contributed by atoms with Crippen molar-refractivity contribution in [2.45, 2.75) is 61.8 Å². The number of ether oxygens (including phenoxy) is 2. The molecule has 0 spiro atoms. The molecule has 59 heavy (non-hydrogen) atoms. The Bertz CT molecular complexity index is 1740. The number of amides is 1. The Hall–Kier alpha value is -2.17. The molecule has 0 aromatic heterocycles. The van der Waals surface area contributed by atoms with Crippen molar-refractivity contribution in [3.8, 4) is 0 Å². The van der Waals surface area contributed by atoms with E-state index >= 15 is 0 Å². The second-order valence-electron chi connectivity index (χ2n) is 13.0. The van der Waals surface area contributed by atoms with Crippen LogP contribution in [0.2, 0.25) is 0 Å². The molecule has 0 unspecified atom stereocenters. The van der Waals surface area contributed by atoms with Gasteiger partial charge in [0.1, 0.15) is 12.1 Å². The Labute approximate surface area is 436 Å². The Morgan fingerprint density at radius 2 is 1.10 bits per heavy atom. The molecule has 6 rings (SSSR count). The molecule has 0 saturated carbocycles. The zero-order chi connectivity index (χ0) is 41.6. The number of halogens is 1. The third-order valence-corrected chi connectivity index (χ3v) is 9.46. The number of likely N-dealkylation sites (tertiary alicyclic amines) is 1. The minimum atomic E-state index is -0.758. The third-order valence-electron chi connectivity index (χ3n) is 9.24. The number of piperidine rings is 2. The number of esters is 2. The van der Waals surface area contributed by atoms with Crippen LogP contribution in [-0.2, 0) is 38.3 Å². The summed E-state index contributed by atoms with van der Waals surface area (Å²) in [7, 11) is 2.66. The average Bonchev–Trinajstić information content (AvgIpc) is 3.25. The van der Waals surface area contributed by atoms with Gasteiger partial charge in [-0.3, -0.25) is 19.2 Å². The number of methoxy groups -OCH3 is 2. The summed E-state index contributed by atoms with van der Waals surface area (Å²) < 4.78 is 9.39. The van der Waals surface area contributed by atoms with Crippen LogP contribution in [0.3, 0.4) is 0 Å². The van der Waals surface area contributed by atoms with Crippen LogP contribution in [0.4, 0.5) is 0 Å². The molecule has 306 valence electrons. The molecule has 4 aromatic carbocycles. The summed E-state index contributed by atoms with van der Waals surface area (Å²) in [6.45, 7) is 0.830. The fraction of sp³-hybridized carbons (Fsp3) is 0.326. The van der Waals surface area contributed by atoms with Gasteiger partial charge in [0.25, 0.3) is 6.47 Å². The van der Waals surface area contributed by atoms with E-state index < -0.39 is 24.0 Å². The van der Waals surface area contributed by atoms with Gasteiger partial charge in [0.05, 0.1) is 38.3 Å². The summed E-state index contributed by atoms with van der Waals surface area (Å²) >= 11 is 5.67. The second-order valence-corrected chi connectivity index (χ2v) is 13.3. The summed E-state index contributed by atoms with van der Waals surface area (Å²) in [5, 5.41) is 30.2. The van der Waals surface area contributed by atoms with Gasteiger partial charge >= 0.3 is 115 Å². The minimum Gasteiger partial charge on any atom is -1.00 e. The van der Waals surface area contributed by atoms with Crippen molar-refractivity contribution in [3.63, 3.8) is 0 Å². The Balaban J connectivity index is 0.000000878. The number of benzene rings is 4. The van der Waals surface area contributed by atoms with Crippen molar-refractivity contribution >= 4 is 41.2 Å². The zero-order valence-corrected chi connectivity index (χ0v) is 40.7. The van der Waals surface area contributed by atoms with E-state index in [1.54, 1.807) is 4.90 Å². The number of rotatable bonds is 9. The van der Waals surface area contributed by atoms with Gasteiger partial charge in [-0.15, -0.1) is 0 Å². The van der Waals surface area contributed by atoms with Crippen LogP contribution in [0.5, 0.6) is 0 Å². The van der Waals surface area contributed by atoms with Crippen molar-refractivity contribution in [1.82, 2.24) is 10.2 Å². The maximum atomic E-state index is 13.5. The molecule has 0 aliphatic carbocycles. The number of hydrogen-bond donors (Lipinski definition) is 3. The largest absolute Gasteiger partial charge is 1.00 e. The maximum Gasteiger partial charge on any atom is 1.00 e. The molecular weight excluding hydrogens is 834 g/mol. The first-order chi connectivity index (χ1) is 27.6. The van der Waals surface area contributed by atoms with E-state index in [0.717, 1.165) is 22.3 Å². The molecule has 4 aromatic rings. The van der Waals surface area contributed by atoms with Crippen molar-refractivity contribution in [1.29, 1.82) is 0 Å². The van der Waals surface area contributed by atoms with E-state index in [1.807, 2.05) is 121 Å². The molecule has 2 fully saturated rings. The first-order valence-electron chi connectivity index (χ1n) is 18.2. The van der Waals surface area contributed by atoms with Gasteiger partial charge in [-0.2, -0.15) is 0 Å². The number of nitrogens with one attached hydrogen (secondary N) is 1. The molecule has 1 amide bonds. The number of carbonyl (C=O) groups is 5. The van der Waals surface area contributed by atoms with Crippen LogP contribution in [0.15, 0.2) is 121 Å². The summed E-state index contributed by atoms with van der Waals surface area (Å²) in [6.07, 6.45) is 0.875. The van der Waals surface area contributed by atoms with Crippen LogP contribution >= 0.6 is 11.6 Å². The molecule has 0 bridgehead atoms. The van der Waals surface area contributed by atoms with Crippen LogP contribution in [0.1, 0.15) is 61.2 Å². The fourth-order valence-corrected chi connectivity index (χ4v) is 6.72. The van der Waals surface area contributed by atoms with Crippen molar-refractivity contribution < 1.29 is 158 Å². The van der Waals surface area contributed by atoms with E-state index in [4.69, 9.17) is 26.4 Å². The van der Waals surface area contributed by atoms with Gasteiger partial charge in [0.2, 0.25) is 11.1 Å². The first-order valence-corrected chi connectivity index (χ1v) is 18.6. The maximum absolute atomic E-state index is 13.5. The normalized spacial score (nSPS) is 17.9.